The lowest BCUT2D eigenvalue weighted by Crippen LogP contribution is -2.26. The van der Waals surface area contributed by atoms with Gasteiger partial charge in [0.2, 0.25) is 0 Å². The molecule has 0 aliphatic carbocycles. The van der Waals surface area contributed by atoms with E-state index in [0.717, 1.165) is 0 Å². The molecule has 0 saturated heterocycles. The first-order valence-corrected chi connectivity index (χ1v) is 4.88. The van der Waals surface area contributed by atoms with Crippen LogP contribution in [0.4, 0.5) is 0 Å². The van der Waals surface area contributed by atoms with E-state index in [0.29, 0.717) is 6.54 Å². The van der Waals surface area contributed by atoms with Gasteiger partial charge in [-0.25, -0.2) is 0 Å². The number of thiazole rings is 1. The summed E-state index contributed by atoms with van der Waals surface area (Å²) in [5.41, 5.74) is 1.82. The SMILES string of the molecule is CC(O)CNC(C)c1cncs1. The van der Waals surface area contributed by atoms with Gasteiger partial charge in [0.15, 0.2) is 0 Å². The molecule has 68 valence electrons. The Balaban J connectivity index is 2.34. The quantitative estimate of drug-likeness (QED) is 0.742. The average molecular weight is 186 g/mol. The molecule has 0 aliphatic rings. The summed E-state index contributed by atoms with van der Waals surface area (Å²) in [7, 11) is 0. The molecule has 2 atom stereocenters. The lowest BCUT2D eigenvalue weighted by molar-refractivity contribution is 0.187. The molecule has 0 saturated carbocycles. The van der Waals surface area contributed by atoms with Crippen LogP contribution in [0.5, 0.6) is 0 Å². The second-order valence-corrected chi connectivity index (χ2v) is 3.80. The fourth-order valence-electron chi connectivity index (χ4n) is 0.887. The van der Waals surface area contributed by atoms with Crippen LogP contribution in [0, 0.1) is 0 Å². The van der Waals surface area contributed by atoms with E-state index in [1.54, 1.807) is 18.3 Å². The lowest BCUT2D eigenvalue weighted by atomic mass is 10.3. The molecule has 0 aliphatic heterocycles. The Bertz CT molecular complexity index is 211. The number of aromatic nitrogens is 1. The van der Waals surface area contributed by atoms with Gasteiger partial charge < -0.3 is 10.4 Å². The maximum Gasteiger partial charge on any atom is 0.0794 e. The van der Waals surface area contributed by atoms with Crippen molar-refractivity contribution in [1.29, 1.82) is 0 Å². The van der Waals surface area contributed by atoms with Crippen molar-refractivity contribution in [3.05, 3.63) is 16.6 Å². The molecule has 2 N–H and O–H groups in total. The Kier molecular flexibility index (Phi) is 3.65. The van der Waals surface area contributed by atoms with Crippen molar-refractivity contribution < 1.29 is 5.11 Å². The number of hydrogen-bond donors (Lipinski definition) is 2. The largest absolute Gasteiger partial charge is 0.392 e. The van der Waals surface area contributed by atoms with Crippen LogP contribution in [0.1, 0.15) is 24.8 Å². The van der Waals surface area contributed by atoms with Crippen molar-refractivity contribution in [2.24, 2.45) is 0 Å². The first-order chi connectivity index (χ1) is 5.70. The molecular formula is C8H14N2OS. The van der Waals surface area contributed by atoms with E-state index < -0.39 is 0 Å². The number of nitrogens with one attached hydrogen (secondary N) is 1. The standard InChI is InChI=1S/C8H14N2OS/c1-6(11)3-10-7(2)8-4-9-5-12-8/h4-7,10-11H,3H2,1-2H3. The van der Waals surface area contributed by atoms with Gasteiger partial charge in [-0.2, -0.15) is 0 Å². The molecule has 0 bridgehead atoms. The fourth-order valence-corrected chi connectivity index (χ4v) is 1.54. The Morgan fingerprint density at radius 3 is 2.92 bits per heavy atom. The first-order valence-electron chi connectivity index (χ1n) is 4.00. The molecule has 3 nitrogen and oxygen atoms in total. The highest BCUT2D eigenvalue weighted by Crippen LogP contribution is 2.15. The van der Waals surface area contributed by atoms with Crippen molar-refractivity contribution in [2.45, 2.75) is 26.0 Å². The number of aliphatic hydroxyl groups excluding tert-OH is 1. The van der Waals surface area contributed by atoms with E-state index >= 15 is 0 Å². The molecular weight excluding hydrogens is 172 g/mol. The van der Waals surface area contributed by atoms with Crippen molar-refractivity contribution in [3.63, 3.8) is 0 Å². The number of nitrogens with zero attached hydrogens (tertiary/aromatic N) is 1. The Morgan fingerprint density at radius 1 is 1.67 bits per heavy atom. The Hall–Kier alpha value is -0.450. The third-order valence-electron chi connectivity index (χ3n) is 1.60. The highest BCUT2D eigenvalue weighted by Gasteiger charge is 2.06. The molecule has 2 unspecified atom stereocenters. The van der Waals surface area contributed by atoms with Crippen molar-refractivity contribution in [2.75, 3.05) is 6.54 Å². The van der Waals surface area contributed by atoms with Gasteiger partial charge in [0.05, 0.1) is 11.6 Å². The van der Waals surface area contributed by atoms with E-state index in [1.807, 2.05) is 11.7 Å². The minimum atomic E-state index is -0.291. The van der Waals surface area contributed by atoms with Gasteiger partial charge in [-0.05, 0) is 13.8 Å². The van der Waals surface area contributed by atoms with Gasteiger partial charge in [-0.1, -0.05) is 0 Å². The molecule has 0 radical (unpaired) electrons. The molecule has 0 fully saturated rings. The summed E-state index contributed by atoms with van der Waals surface area (Å²) in [6.07, 6.45) is 1.56. The van der Waals surface area contributed by atoms with Crippen molar-refractivity contribution in [1.82, 2.24) is 10.3 Å². The Labute approximate surface area is 76.5 Å². The molecule has 4 heteroatoms. The van der Waals surface area contributed by atoms with E-state index in [1.165, 1.54) is 4.88 Å². The van der Waals surface area contributed by atoms with E-state index in [4.69, 9.17) is 5.11 Å². The van der Waals surface area contributed by atoms with E-state index in [9.17, 15) is 0 Å². The van der Waals surface area contributed by atoms with Gasteiger partial charge in [0.25, 0.3) is 0 Å². The lowest BCUT2D eigenvalue weighted by Gasteiger charge is -2.12. The van der Waals surface area contributed by atoms with Crippen LogP contribution in [0.15, 0.2) is 11.7 Å². The summed E-state index contributed by atoms with van der Waals surface area (Å²) in [5.74, 6) is 0. The van der Waals surface area contributed by atoms with Crippen LogP contribution in [0.3, 0.4) is 0 Å². The predicted octanol–water partition coefficient (Wildman–Crippen LogP) is 1.17. The maximum absolute atomic E-state index is 9.02. The predicted molar refractivity (Wildman–Crippen MR) is 50.2 cm³/mol. The first kappa shape index (κ1) is 9.64. The normalized spacial score (nSPS) is 15.9. The molecule has 12 heavy (non-hydrogen) atoms. The number of rotatable bonds is 4. The van der Waals surface area contributed by atoms with Crippen molar-refractivity contribution in [3.8, 4) is 0 Å². The zero-order valence-corrected chi connectivity index (χ0v) is 8.14. The van der Waals surface area contributed by atoms with Gasteiger partial charge in [0.1, 0.15) is 0 Å². The van der Waals surface area contributed by atoms with Crippen LogP contribution in [-0.2, 0) is 0 Å². The molecule has 0 amide bonds. The zero-order valence-electron chi connectivity index (χ0n) is 7.32. The summed E-state index contributed by atoms with van der Waals surface area (Å²) >= 11 is 1.63. The highest BCUT2D eigenvalue weighted by molar-refractivity contribution is 7.09. The van der Waals surface area contributed by atoms with E-state index in [2.05, 4.69) is 17.2 Å². The average Bonchev–Trinajstić information content (AvgIpc) is 2.51. The van der Waals surface area contributed by atoms with Crippen LogP contribution >= 0.6 is 11.3 Å². The number of hydrogen-bond acceptors (Lipinski definition) is 4. The zero-order chi connectivity index (χ0) is 8.97. The van der Waals surface area contributed by atoms with Gasteiger partial charge in [-0.15, -0.1) is 11.3 Å². The molecule has 1 rings (SSSR count). The maximum atomic E-state index is 9.02. The summed E-state index contributed by atoms with van der Waals surface area (Å²) in [6.45, 7) is 4.46. The second kappa shape index (κ2) is 4.54. The van der Waals surface area contributed by atoms with Gasteiger partial charge >= 0.3 is 0 Å². The van der Waals surface area contributed by atoms with Gasteiger partial charge in [0, 0.05) is 23.7 Å². The minimum Gasteiger partial charge on any atom is -0.392 e. The third-order valence-corrected chi connectivity index (χ3v) is 2.56. The molecule has 1 aromatic rings. The second-order valence-electron chi connectivity index (χ2n) is 2.88. The molecule has 1 aromatic heterocycles. The fraction of sp³-hybridized carbons (Fsp3) is 0.625. The van der Waals surface area contributed by atoms with Crippen LogP contribution < -0.4 is 5.32 Å². The van der Waals surface area contributed by atoms with Crippen molar-refractivity contribution >= 4 is 11.3 Å². The smallest absolute Gasteiger partial charge is 0.0794 e. The highest BCUT2D eigenvalue weighted by atomic mass is 32.1. The summed E-state index contributed by atoms with van der Waals surface area (Å²) in [6, 6.07) is 0.284. The third kappa shape index (κ3) is 2.89. The summed E-state index contributed by atoms with van der Waals surface area (Å²) in [5, 5.41) is 12.2. The monoisotopic (exact) mass is 186 g/mol. The van der Waals surface area contributed by atoms with Crippen LogP contribution in [0.2, 0.25) is 0 Å². The van der Waals surface area contributed by atoms with Gasteiger partial charge in [-0.3, -0.25) is 4.98 Å². The summed E-state index contributed by atoms with van der Waals surface area (Å²) in [4.78, 5) is 5.19. The number of aliphatic hydroxyl groups is 1. The minimum absolute atomic E-state index is 0.284. The molecule has 0 spiro atoms. The van der Waals surface area contributed by atoms with E-state index in [-0.39, 0.29) is 12.1 Å². The van der Waals surface area contributed by atoms with Crippen LogP contribution in [-0.4, -0.2) is 22.7 Å². The molecule has 0 aromatic carbocycles. The van der Waals surface area contributed by atoms with Crippen LogP contribution in [0.25, 0.3) is 0 Å². The molecule has 1 heterocycles. The topological polar surface area (TPSA) is 45.1 Å². The Morgan fingerprint density at radius 2 is 2.42 bits per heavy atom. The summed E-state index contributed by atoms with van der Waals surface area (Å²) < 4.78 is 0.